The predicted octanol–water partition coefficient (Wildman–Crippen LogP) is 3.02. The highest BCUT2D eigenvalue weighted by Crippen LogP contribution is 2.37. The summed E-state index contributed by atoms with van der Waals surface area (Å²) in [6, 6.07) is 11.7. The topological polar surface area (TPSA) is 49.4 Å². The van der Waals surface area contributed by atoms with E-state index >= 15 is 0 Å². The van der Waals surface area contributed by atoms with Crippen molar-refractivity contribution in [3.8, 4) is 0 Å². The second-order valence-electron chi connectivity index (χ2n) is 5.41. The van der Waals surface area contributed by atoms with E-state index in [2.05, 4.69) is 11.4 Å². The first-order chi connectivity index (χ1) is 10.7. The minimum Gasteiger partial charge on any atom is -0.351 e. The quantitative estimate of drug-likeness (QED) is 0.943. The summed E-state index contributed by atoms with van der Waals surface area (Å²) in [7, 11) is 0. The third kappa shape index (κ3) is 2.90. The maximum absolute atomic E-state index is 11.9. The molecule has 3 rings (SSSR count). The van der Waals surface area contributed by atoms with Crippen LogP contribution in [0.4, 0.5) is 5.69 Å². The average molecular weight is 314 g/mol. The Morgan fingerprint density at radius 1 is 1.27 bits per heavy atom. The molecule has 0 spiro atoms. The van der Waals surface area contributed by atoms with Gasteiger partial charge in [-0.2, -0.15) is 0 Å². The Labute approximate surface area is 133 Å². The van der Waals surface area contributed by atoms with Crippen molar-refractivity contribution in [1.82, 2.24) is 5.32 Å². The van der Waals surface area contributed by atoms with E-state index in [-0.39, 0.29) is 17.7 Å². The van der Waals surface area contributed by atoms with Gasteiger partial charge in [-0.3, -0.25) is 9.59 Å². The van der Waals surface area contributed by atoms with Gasteiger partial charge in [0.2, 0.25) is 5.91 Å². The number of rotatable bonds is 4. The zero-order chi connectivity index (χ0) is 15.5. The zero-order valence-corrected chi connectivity index (χ0v) is 13.2. The Morgan fingerprint density at radius 3 is 2.82 bits per heavy atom. The fourth-order valence-electron chi connectivity index (χ4n) is 2.90. The van der Waals surface area contributed by atoms with Crippen LogP contribution in [-0.2, 0) is 4.79 Å². The molecule has 1 unspecified atom stereocenters. The number of hydrogen-bond donors (Lipinski definition) is 1. The summed E-state index contributed by atoms with van der Waals surface area (Å²) < 4.78 is 0. The highest BCUT2D eigenvalue weighted by atomic mass is 32.1. The number of nitrogens with one attached hydrogen (secondary N) is 1. The molecule has 2 heterocycles. The largest absolute Gasteiger partial charge is 0.351 e. The van der Waals surface area contributed by atoms with Crippen molar-refractivity contribution in [3.05, 3.63) is 52.2 Å². The summed E-state index contributed by atoms with van der Waals surface area (Å²) in [6.45, 7) is 2.91. The number of benzene rings is 1. The van der Waals surface area contributed by atoms with Crippen LogP contribution in [0.5, 0.6) is 0 Å². The third-order valence-corrected chi connectivity index (χ3v) is 4.84. The van der Waals surface area contributed by atoms with Gasteiger partial charge in [0.1, 0.15) is 0 Å². The number of para-hydroxylation sites is 1. The lowest BCUT2D eigenvalue weighted by Crippen LogP contribution is -2.29. The number of carbonyl (C=O) groups is 2. The van der Waals surface area contributed by atoms with Crippen LogP contribution >= 0.6 is 11.3 Å². The summed E-state index contributed by atoms with van der Waals surface area (Å²) in [5.41, 5.74) is 2.20. The van der Waals surface area contributed by atoms with Crippen molar-refractivity contribution in [3.63, 3.8) is 0 Å². The first-order valence-corrected chi connectivity index (χ1v) is 8.23. The van der Waals surface area contributed by atoms with Crippen LogP contribution in [0, 0.1) is 0 Å². The van der Waals surface area contributed by atoms with Gasteiger partial charge < -0.3 is 10.2 Å². The van der Waals surface area contributed by atoms with Crippen molar-refractivity contribution in [2.75, 3.05) is 18.0 Å². The summed E-state index contributed by atoms with van der Waals surface area (Å²) in [5.74, 6) is 0.325. The molecule has 22 heavy (non-hydrogen) atoms. The molecular weight excluding hydrogens is 296 g/mol. The van der Waals surface area contributed by atoms with Gasteiger partial charge in [-0.15, -0.1) is 11.3 Å². The van der Waals surface area contributed by atoms with Crippen LogP contribution < -0.4 is 10.2 Å². The highest BCUT2D eigenvalue weighted by Gasteiger charge is 2.30. The van der Waals surface area contributed by atoms with Crippen molar-refractivity contribution in [2.24, 2.45) is 0 Å². The molecule has 0 aliphatic carbocycles. The Kier molecular flexibility index (Phi) is 4.24. The maximum atomic E-state index is 11.9. The lowest BCUT2D eigenvalue weighted by Gasteiger charge is -2.15. The van der Waals surface area contributed by atoms with E-state index in [0.29, 0.717) is 13.1 Å². The van der Waals surface area contributed by atoms with Gasteiger partial charge >= 0.3 is 0 Å². The van der Waals surface area contributed by atoms with Crippen molar-refractivity contribution < 1.29 is 9.59 Å². The van der Waals surface area contributed by atoms with Gasteiger partial charge in [0.05, 0.1) is 4.88 Å². The molecule has 0 bridgehead atoms. The minimum absolute atomic E-state index is 0.0234. The monoisotopic (exact) mass is 314 g/mol. The minimum atomic E-state index is -0.0234. The summed E-state index contributed by atoms with van der Waals surface area (Å²) in [4.78, 5) is 26.2. The van der Waals surface area contributed by atoms with E-state index < -0.39 is 0 Å². The van der Waals surface area contributed by atoms with Crippen LogP contribution in [-0.4, -0.2) is 24.9 Å². The second kappa shape index (κ2) is 6.32. The van der Waals surface area contributed by atoms with Gasteiger partial charge in [-0.1, -0.05) is 24.3 Å². The predicted molar refractivity (Wildman–Crippen MR) is 88.5 cm³/mol. The number of nitrogens with zero attached hydrogens (tertiary/aromatic N) is 1. The van der Waals surface area contributed by atoms with Crippen LogP contribution in [0.2, 0.25) is 0 Å². The molecule has 2 amide bonds. The summed E-state index contributed by atoms with van der Waals surface area (Å²) in [5, 5.41) is 4.85. The van der Waals surface area contributed by atoms with E-state index in [4.69, 9.17) is 0 Å². The molecule has 114 valence electrons. The zero-order valence-electron chi connectivity index (χ0n) is 12.4. The summed E-state index contributed by atoms with van der Waals surface area (Å²) >= 11 is 1.44. The van der Waals surface area contributed by atoms with Crippen LogP contribution in [0.3, 0.4) is 0 Å². The lowest BCUT2D eigenvalue weighted by molar-refractivity contribution is -0.116. The summed E-state index contributed by atoms with van der Waals surface area (Å²) in [6.07, 6.45) is 0.831. The van der Waals surface area contributed by atoms with E-state index in [9.17, 15) is 9.59 Å². The molecule has 1 atom stereocenters. The second-order valence-corrected chi connectivity index (χ2v) is 6.35. The number of anilines is 1. The van der Waals surface area contributed by atoms with Crippen molar-refractivity contribution in [2.45, 2.75) is 19.3 Å². The molecule has 4 nitrogen and oxygen atoms in total. The number of hydrogen-bond acceptors (Lipinski definition) is 3. The molecule has 1 N–H and O–H groups in total. The van der Waals surface area contributed by atoms with Gasteiger partial charge in [0.25, 0.3) is 5.91 Å². The molecule has 1 aromatic heterocycles. The van der Waals surface area contributed by atoms with Crippen LogP contribution in [0.15, 0.2) is 41.8 Å². The molecule has 1 aliphatic rings. The number of carbonyl (C=O) groups excluding carboxylic acids is 2. The van der Waals surface area contributed by atoms with E-state index in [1.807, 2.05) is 40.6 Å². The third-order valence-electron chi connectivity index (χ3n) is 3.97. The van der Waals surface area contributed by atoms with Gasteiger partial charge in [-0.25, -0.2) is 0 Å². The molecular formula is C17H18N2O2S. The van der Waals surface area contributed by atoms with Gasteiger partial charge in [-0.05, 0) is 29.5 Å². The first kappa shape index (κ1) is 14.8. The number of thiophene rings is 1. The molecule has 0 saturated carbocycles. The first-order valence-electron chi connectivity index (χ1n) is 7.35. The molecule has 1 aromatic carbocycles. The Morgan fingerprint density at radius 2 is 2.09 bits per heavy atom. The Balaban J connectivity index is 1.62. The van der Waals surface area contributed by atoms with E-state index in [1.165, 1.54) is 16.9 Å². The lowest BCUT2D eigenvalue weighted by atomic mass is 9.98. The van der Waals surface area contributed by atoms with Crippen molar-refractivity contribution >= 4 is 28.8 Å². The molecule has 5 heteroatoms. The van der Waals surface area contributed by atoms with Crippen molar-refractivity contribution in [1.29, 1.82) is 0 Å². The SMILES string of the molecule is CC(=O)N1CC(CCNC(=O)c2cccs2)c2ccccc21. The van der Waals surface area contributed by atoms with E-state index in [1.54, 1.807) is 6.92 Å². The molecule has 0 radical (unpaired) electrons. The smallest absolute Gasteiger partial charge is 0.261 e. The Bertz CT molecular complexity index is 682. The number of fused-ring (bicyclic) bond motifs is 1. The van der Waals surface area contributed by atoms with E-state index in [0.717, 1.165) is 17.0 Å². The molecule has 2 aromatic rings. The fraction of sp³-hybridized carbons (Fsp3) is 0.294. The fourth-order valence-corrected chi connectivity index (χ4v) is 3.54. The molecule has 0 fully saturated rings. The molecule has 0 saturated heterocycles. The van der Waals surface area contributed by atoms with Crippen LogP contribution in [0.1, 0.15) is 34.5 Å². The highest BCUT2D eigenvalue weighted by molar-refractivity contribution is 7.12. The molecule has 1 aliphatic heterocycles. The average Bonchev–Trinajstić information content (AvgIpc) is 3.15. The number of amides is 2. The standard InChI is InChI=1S/C17H18N2O2S/c1-12(20)19-11-13(14-5-2-3-6-15(14)19)8-9-18-17(21)16-7-4-10-22-16/h2-7,10,13H,8-9,11H2,1H3,(H,18,21). The maximum Gasteiger partial charge on any atom is 0.261 e. The normalized spacial score (nSPS) is 16.4. The van der Waals surface area contributed by atoms with Crippen LogP contribution in [0.25, 0.3) is 0 Å². The van der Waals surface area contributed by atoms with Gasteiger partial charge in [0, 0.05) is 31.6 Å². The Hall–Kier alpha value is -2.14. The van der Waals surface area contributed by atoms with Gasteiger partial charge in [0.15, 0.2) is 0 Å².